The van der Waals surface area contributed by atoms with Gasteiger partial charge in [-0.25, -0.2) is 13.4 Å². The molecule has 0 atom stereocenters. The quantitative estimate of drug-likeness (QED) is 0.934. The van der Waals surface area contributed by atoms with Crippen molar-refractivity contribution < 1.29 is 8.42 Å². The number of benzene rings is 1. The van der Waals surface area contributed by atoms with Gasteiger partial charge in [0.1, 0.15) is 5.03 Å². The van der Waals surface area contributed by atoms with Crippen LogP contribution in [0.15, 0.2) is 57.3 Å². The molecule has 2 rings (SSSR count). The van der Waals surface area contributed by atoms with Crippen molar-refractivity contribution in [2.75, 3.05) is 6.26 Å². The summed E-state index contributed by atoms with van der Waals surface area (Å²) in [6.07, 6.45) is 1.20. The van der Waals surface area contributed by atoms with E-state index in [2.05, 4.69) is 4.98 Å². The molecule has 0 spiro atoms. The molecular weight excluding hydrogens is 280 g/mol. The molecule has 0 bridgehead atoms. The summed E-state index contributed by atoms with van der Waals surface area (Å²) in [5, 5.41) is 0.843. The summed E-state index contributed by atoms with van der Waals surface area (Å²) in [5.41, 5.74) is 6.37. The van der Waals surface area contributed by atoms with E-state index < -0.39 is 9.84 Å². The Bertz CT molecular complexity index is 667. The van der Waals surface area contributed by atoms with Crippen LogP contribution in [0.2, 0.25) is 0 Å². The van der Waals surface area contributed by atoms with Crippen LogP contribution in [0.5, 0.6) is 0 Å². The minimum Gasteiger partial charge on any atom is -0.325 e. The van der Waals surface area contributed by atoms with Crippen LogP contribution in [-0.2, 0) is 16.4 Å². The Morgan fingerprint density at radius 3 is 2.42 bits per heavy atom. The second-order valence-corrected chi connectivity index (χ2v) is 7.13. The predicted molar refractivity (Wildman–Crippen MR) is 75.8 cm³/mol. The molecule has 0 saturated carbocycles. The molecule has 0 aliphatic rings. The Balaban J connectivity index is 2.19. The van der Waals surface area contributed by atoms with Crippen molar-refractivity contribution in [3.63, 3.8) is 0 Å². The second-order valence-electron chi connectivity index (χ2n) is 4.02. The lowest BCUT2D eigenvalue weighted by molar-refractivity contribution is 0.602. The van der Waals surface area contributed by atoms with E-state index in [9.17, 15) is 8.42 Å². The topological polar surface area (TPSA) is 73.0 Å². The first kappa shape index (κ1) is 14.0. The van der Waals surface area contributed by atoms with Crippen molar-refractivity contribution in [1.29, 1.82) is 0 Å². The van der Waals surface area contributed by atoms with Crippen molar-refractivity contribution in [3.05, 3.63) is 48.2 Å². The fraction of sp³-hybridized carbons (Fsp3) is 0.154. The summed E-state index contributed by atoms with van der Waals surface area (Å²) < 4.78 is 22.7. The molecule has 100 valence electrons. The van der Waals surface area contributed by atoms with Crippen LogP contribution in [0.1, 0.15) is 5.69 Å². The van der Waals surface area contributed by atoms with Crippen LogP contribution < -0.4 is 5.73 Å². The zero-order valence-corrected chi connectivity index (χ0v) is 12.0. The molecule has 2 aromatic rings. The van der Waals surface area contributed by atoms with Crippen molar-refractivity contribution in [3.8, 4) is 0 Å². The average Bonchev–Trinajstić information content (AvgIpc) is 2.38. The van der Waals surface area contributed by atoms with Gasteiger partial charge < -0.3 is 5.73 Å². The number of nitrogens with zero attached hydrogens (tertiary/aromatic N) is 1. The van der Waals surface area contributed by atoms with E-state index >= 15 is 0 Å². The third-order valence-electron chi connectivity index (χ3n) is 2.46. The van der Waals surface area contributed by atoms with Gasteiger partial charge in [0.25, 0.3) is 0 Å². The minimum atomic E-state index is -3.14. The van der Waals surface area contributed by atoms with Gasteiger partial charge in [0.15, 0.2) is 9.84 Å². The summed E-state index contributed by atoms with van der Waals surface area (Å²) in [6, 6.07) is 12.4. The first-order valence-electron chi connectivity index (χ1n) is 5.63. The Morgan fingerprint density at radius 2 is 1.84 bits per heavy atom. The van der Waals surface area contributed by atoms with Crippen molar-refractivity contribution in [2.45, 2.75) is 21.4 Å². The summed E-state index contributed by atoms with van der Waals surface area (Å²) in [6.45, 7) is 0.404. The van der Waals surface area contributed by atoms with Crippen LogP contribution in [0.3, 0.4) is 0 Å². The first-order valence-corrected chi connectivity index (χ1v) is 8.34. The van der Waals surface area contributed by atoms with Gasteiger partial charge in [-0.2, -0.15) is 0 Å². The Kier molecular flexibility index (Phi) is 4.24. The minimum absolute atomic E-state index is 0.320. The first-order chi connectivity index (χ1) is 8.99. The number of hydrogen-bond acceptors (Lipinski definition) is 5. The van der Waals surface area contributed by atoms with Crippen molar-refractivity contribution in [2.24, 2.45) is 5.73 Å². The monoisotopic (exact) mass is 294 g/mol. The molecule has 0 radical (unpaired) electrons. The van der Waals surface area contributed by atoms with Crippen LogP contribution >= 0.6 is 11.8 Å². The summed E-state index contributed by atoms with van der Waals surface area (Å²) in [4.78, 5) is 5.64. The third-order valence-corrected chi connectivity index (χ3v) is 4.54. The third kappa shape index (κ3) is 3.79. The zero-order valence-electron chi connectivity index (χ0n) is 10.4. The number of pyridine rings is 1. The highest BCUT2D eigenvalue weighted by Crippen LogP contribution is 2.26. The van der Waals surface area contributed by atoms with Gasteiger partial charge in [-0.1, -0.05) is 17.8 Å². The zero-order chi connectivity index (χ0) is 13.9. The van der Waals surface area contributed by atoms with Gasteiger partial charge >= 0.3 is 0 Å². The van der Waals surface area contributed by atoms with E-state index in [0.717, 1.165) is 15.6 Å². The highest BCUT2D eigenvalue weighted by atomic mass is 32.2. The highest BCUT2D eigenvalue weighted by Gasteiger charge is 2.07. The van der Waals surface area contributed by atoms with E-state index in [4.69, 9.17) is 5.73 Å². The molecule has 19 heavy (non-hydrogen) atoms. The SMILES string of the molecule is CS(=O)(=O)c1ccc(Sc2cccc(CN)n2)cc1. The van der Waals surface area contributed by atoms with E-state index in [1.807, 2.05) is 18.2 Å². The fourth-order valence-electron chi connectivity index (χ4n) is 1.50. The van der Waals surface area contributed by atoms with Crippen molar-refractivity contribution >= 4 is 21.6 Å². The molecular formula is C13H14N2O2S2. The molecule has 0 amide bonds. The molecule has 0 aliphatic carbocycles. The lowest BCUT2D eigenvalue weighted by atomic mass is 10.4. The van der Waals surface area contributed by atoms with E-state index in [0.29, 0.717) is 11.4 Å². The molecule has 0 aliphatic heterocycles. The maximum absolute atomic E-state index is 11.4. The predicted octanol–water partition coefficient (Wildman–Crippen LogP) is 2.10. The van der Waals surface area contributed by atoms with E-state index in [-0.39, 0.29) is 0 Å². The number of nitrogens with two attached hydrogens (primary N) is 1. The van der Waals surface area contributed by atoms with Gasteiger partial charge in [-0.15, -0.1) is 0 Å². The lowest BCUT2D eigenvalue weighted by Crippen LogP contribution is -1.99. The molecule has 0 fully saturated rings. The van der Waals surface area contributed by atoms with Crippen LogP contribution in [0.4, 0.5) is 0 Å². The molecule has 2 N–H and O–H groups in total. The molecule has 1 aromatic carbocycles. The summed E-state index contributed by atoms with van der Waals surface area (Å²) in [7, 11) is -3.14. The average molecular weight is 294 g/mol. The number of rotatable bonds is 4. The molecule has 1 aromatic heterocycles. The Morgan fingerprint density at radius 1 is 1.16 bits per heavy atom. The second kappa shape index (κ2) is 5.73. The molecule has 6 heteroatoms. The van der Waals surface area contributed by atoms with Gasteiger partial charge in [-0.3, -0.25) is 0 Å². The van der Waals surface area contributed by atoms with Gasteiger partial charge in [0, 0.05) is 17.7 Å². The molecule has 4 nitrogen and oxygen atoms in total. The van der Waals surface area contributed by atoms with E-state index in [1.54, 1.807) is 24.3 Å². The van der Waals surface area contributed by atoms with Gasteiger partial charge in [0.05, 0.1) is 10.6 Å². The number of sulfone groups is 1. The van der Waals surface area contributed by atoms with Crippen molar-refractivity contribution in [1.82, 2.24) is 4.98 Å². The largest absolute Gasteiger partial charge is 0.325 e. The van der Waals surface area contributed by atoms with Gasteiger partial charge in [0.2, 0.25) is 0 Å². The van der Waals surface area contributed by atoms with E-state index in [1.165, 1.54) is 18.0 Å². The molecule has 0 unspecified atom stereocenters. The standard InChI is InChI=1S/C13H14N2O2S2/c1-19(16,17)12-7-5-11(6-8-12)18-13-4-2-3-10(9-14)15-13/h2-8H,9,14H2,1H3. The maximum Gasteiger partial charge on any atom is 0.175 e. The molecule has 0 saturated heterocycles. The van der Waals surface area contributed by atoms with Crippen LogP contribution in [0, 0.1) is 0 Å². The smallest absolute Gasteiger partial charge is 0.175 e. The lowest BCUT2D eigenvalue weighted by Gasteiger charge is -2.04. The van der Waals surface area contributed by atoms with Gasteiger partial charge in [-0.05, 0) is 36.4 Å². The fourth-order valence-corrected chi connectivity index (χ4v) is 2.96. The Labute approximate surface area is 117 Å². The molecule has 1 heterocycles. The Hall–Kier alpha value is -1.37. The number of aromatic nitrogens is 1. The number of hydrogen-bond donors (Lipinski definition) is 1. The van der Waals surface area contributed by atoms with Crippen LogP contribution in [-0.4, -0.2) is 19.7 Å². The highest BCUT2D eigenvalue weighted by molar-refractivity contribution is 7.99. The normalized spacial score (nSPS) is 11.5. The summed E-state index contributed by atoms with van der Waals surface area (Å²) in [5.74, 6) is 0. The summed E-state index contributed by atoms with van der Waals surface area (Å²) >= 11 is 1.47. The van der Waals surface area contributed by atoms with Crippen LogP contribution in [0.25, 0.3) is 0 Å². The maximum atomic E-state index is 11.4.